The van der Waals surface area contributed by atoms with E-state index in [4.69, 9.17) is 16.1 Å². The van der Waals surface area contributed by atoms with E-state index in [1.165, 1.54) is 11.9 Å². The molecule has 0 bridgehead atoms. The highest BCUT2D eigenvalue weighted by atomic mass is 16.6. The molecule has 0 saturated carbocycles. The standard InChI is InChI=1S/C37H42N8O4/c1-2-38-35(48)32-30(46)31(47)36(49-32)45-23-40-29-33(39-20-28(25-14-8-4-9-15-25)26-16-10-5-11-17-26)42-37(43-34(29)45)41-27-18-19-44(22-27)21-24-12-6-3-7-13-24/h3-17,23,27-28,30-32,36,46-47H,2,18-22H2,1H3,(H,38,48)(H2,39,41,42,43)/t27?,30-,31-,32+,36?/m1/s1/i1D. The number of hydrogen-bond donors (Lipinski definition) is 5. The number of imidazole rings is 1. The molecule has 2 fully saturated rings. The van der Waals surface area contributed by atoms with Crippen molar-refractivity contribution in [1.82, 2.24) is 29.7 Å². The predicted molar refractivity (Wildman–Crippen MR) is 187 cm³/mol. The molecular formula is C37H42N8O4. The quantitative estimate of drug-likeness (QED) is 0.134. The second-order valence-electron chi connectivity index (χ2n) is 12.5. The molecule has 0 spiro atoms. The number of likely N-dealkylation sites (tertiary alicyclic amines) is 1. The van der Waals surface area contributed by atoms with Crippen molar-refractivity contribution in [2.75, 3.05) is 36.8 Å². The van der Waals surface area contributed by atoms with E-state index in [2.05, 4.69) is 74.4 Å². The number of aliphatic hydroxyl groups excluding tert-OH is 2. The molecule has 12 nitrogen and oxygen atoms in total. The van der Waals surface area contributed by atoms with Crippen LogP contribution in [0.15, 0.2) is 97.3 Å². The van der Waals surface area contributed by atoms with Crippen LogP contribution in [0.25, 0.3) is 11.2 Å². The lowest BCUT2D eigenvalue weighted by atomic mass is 9.91. The molecule has 2 saturated heterocycles. The van der Waals surface area contributed by atoms with E-state index >= 15 is 0 Å². The summed E-state index contributed by atoms with van der Waals surface area (Å²) in [5.74, 6) is 0.316. The van der Waals surface area contributed by atoms with Gasteiger partial charge in [0.1, 0.15) is 12.2 Å². The smallest absolute Gasteiger partial charge is 0.252 e. The van der Waals surface area contributed by atoms with E-state index < -0.39 is 30.4 Å². The predicted octanol–water partition coefficient (Wildman–Crippen LogP) is 3.51. The Hall–Kier alpha value is -4.88. The highest BCUT2D eigenvalue weighted by molar-refractivity contribution is 5.85. The number of amides is 1. The summed E-state index contributed by atoms with van der Waals surface area (Å²) < 4.78 is 14.8. The van der Waals surface area contributed by atoms with Gasteiger partial charge < -0.3 is 30.9 Å². The molecule has 2 aliphatic heterocycles. The van der Waals surface area contributed by atoms with Crippen LogP contribution in [0, 0.1) is 0 Å². The summed E-state index contributed by atoms with van der Waals surface area (Å²) in [6, 6.07) is 31.1. The van der Waals surface area contributed by atoms with Crippen molar-refractivity contribution in [3.8, 4) is 0 Å². The maximum absolute atomic E-state index is 12.7. The molecule has 2 aromatic heterocycles. The minimum Gasteiger partial charge on any atom is -0.387 e. The molecule has 0 aliphatic carbocycles. The number of benzene rings is 3. The highest BCUT2D eigenvalue weighted by Gasteiger charge is 2.47. The molecule has 5 aromatic rings. The van der Waals surface area contributed by atoms with E-state index in [9.17, 15) is 15.0 Å². The lowest BCUT2D eigenvalue weighted by molar-refractivity contribution is -0.137. The van der Waals surface area contributed by atoms with Gasteiger partial charge in [0.25, 0.3) is 5.91 Å². The third-order valence-electron chi connectivity index (χ3n) is 9.22. The Kier molecular flexibility index (Phi) is 9.42. The van der Waals surface area contributed by atoms with Gasteiger partial charge >= 0.3 is 0 Å². The van der Waals surface area contributed by atoms with Crippen LogP contribution >= 0.6 is 0 Å². The Labute approximate surface area is 286 Å². The Balaban J connectivity index is 1.19. The first-order valence-electron chi connectivity index (χ1n) is 17.4. The zero-order chi connectivity index (χ0) is 34.5. The first-order chi connectivity index (χ1) is 24.5. The Morgan fingerprint density at radius 2 is 1.67 bits per heavy atom. The summed E-state index contributed by atoms with van der Waals surface area (Å²) in [4.78, 5) is 29.5. The van der Waals surface area contributed by atoms with Crippen LogP contribution in [0.3, 0.4) is 0 Å². The Bertz CT molecular complexity index is 1830. The number of nitrogens with one attached hydrogen (secondary N) is 3. The van der Waals surface area contributed by atoms with Gasteiger partial charge in [-0.3, -0.25) is 14.3 Å². The van der Waals surface area contributed by atoms with Crippen LogP contribution in [0.4, 0.5) is 11.8 Å². The molecule has 2 unspecified atom stereocenters. The summed E-state index contributed by atoms with van der Waals surface area (Å²) in [5, 5.41) is 31.5. The molecule has 7 rings (SSSR count). The van der Waals surface area contributed by atoms with Crippen molar-refractivity contribution in [3.05, 3.63) is 114 Å². The number of anilines is 2. The molecule has 1 amide bonds. The zero-order valence-electron chi connectivity index (χ0n) is 28.1. The van der Waals surface area contributed by atoms with Crippen LogP contribution in [-0.4, -0.2) is 91.1 Å². The average Bonchev–Trinajstić information content (AvgIpc) is 3.86. The van der Waals surface area contributed by atoms with Gasteiger partial charge in [-0.2, -0.15) is 9.97 Å². The first kappa shape index (κ1) is 31.4. The van der Waals surface area contributed by atoms with Gasteiger partial charge in [0.05, 0.1) is 6.33 Å². The Morgan fingerprint density at radius 3 is 2.37 bits per heavy atom. The van der Waals surface area contributed by atoms with Crippen molar-refractivity contribution < 1.29 is 21.1 Å². The number of aromatic nitrogens is 4. The zero-order valence-corrected chi connectivity index (χ0v) is 27.1. The van der Waals surface area contributed by atoms with Gasteiger partial charge in [0.2, 0.25) is 5.95 Å². The molecule has 2 aliphatic rings. The van der Waals surface area contributed by atoms with Crippen LogP contribution in [0.1, 0.15) is 43.5 Å². The SMILES string of the molecule is [2H]CCNC(=O)[C@H]1OC(n2cnc3c(NCC(c4ccccc4)c4ccccc4)nc(NC4CCN(Cc5ccccc5)C4)nc32)[C@H](O)[C@H]1O. The molecule has 12 heteroatoms. The number of aliphatic hydroxyl groups is 2. The second kappa shape index (κ2) is 14.7. The monoisotopic (exact) mass is 663 g/mol. The van der Waals surface area contributed by atoms with E-state index in [1.54, 1.807) is 4.57 Å². The maximum atomic E-state index is 12.7. The van der Waals surface area contributed by atoms with E-state index in [0.717, 1.165) is 37.2 Å². The number of nitrogens with zero attached hydrogens (tertiary/aromatic N) is 5. The number of rotatable bonds is 12. The maximum Gasteiger partial charge on any atom is 0.252 e. The van der Waals surface area contributed by atoms with Crippen LogP contribution < -0.4 is 16.0 Å². The molecule has 49 heavy (non-hydrogen) atoms. The third-order valence-corrected chi connectivity index (χ3v) is 9.22. The topological polar surface area (TPSA) is 150 Å². The summed E-state index contributed by atoms with van der Waals surface area (Å²) in [5.41, 5.74) is 4.40. The largest absolute Gasteiger partial charge is 0.387 e. The Morgan fingerprint density at radius 1 is 0.980 bits per heavy atom. The molecule has 5 atom stereocenters. The van der Waals surface area contributed by atoms with Gasteiger partial charge in [-0.1, -0.05) is 91.0 Å². The lowest BCUT2D eigenvalue weighted by Crippen LogP contribution is -2.42. The number of carbonyl (C=O) groups excluding carboxylic acids is 1. The minimum absolute atomic E-state index is 0.0143. The van der Waals surface area contributed by atoms with Crippen molar-refractivity contribution in [2.45, 2.75) is 56.4 Å². The molecule has 4 heterocycles. The third kappa shape index (κ3) is 7.13. The minimum atomic E-state index is -1.48. The van der Waals surface area contributed by atoms with E-state index in [-0.39, 0.29) is 25.4 Å². The molecule has 0 radical (unpaired) electrons. The fourth-order valence-corrected chi connectivity index (χ4v) is 6.74. The van der Waals surface area contributed by atoms with E-state index in [0.29, 0.717) is 29.5 Å². The molecule has 5 N–H and O–H groups in total. The van der Waals surface area contributed by atoms with E-state index in [1.807, 2.05) is 42.5 Å². The van der Waals surface area contributed by atoms with Crippen molar-refractivity contribution >= 4 is 28.8 Å². The van der Waals surface area contributed by atoms with Gasteiger partial charge in [-0.05, 0) is 30.0 Å². The molecular weight excluding hydrogens is 620 g/mol. The number of fused-ring (bicyclic) bond motifs is 1. The highest BCUT2D eigenvalue weighted by Crippen LogP contribution is 2.34. The van der Waals surface area contributed by atoms with Crippen molar-refractivity contribution in [3.63, 3.8) is 0 Å². The van der Waals surface area contributed by atoms with Crippen LogP contribution in [-0.2, 0) is 16.1 Å². The van der Waals surface area contributed by atoms with Crippen LogP contribution in [0.5, 0.6) is 0 Å². The van der Waals surface area contributed by atoms with Gasteiger partial charge in [-0.25, -0.2) is 4.98 Å². The van der Waals surface area contributed by atoms with Crippen molar-refractivity contribution in [2.24, 2.45) is 0 Å². The first-order valence-corrected chi connectivity index (χ1v) is 16.7. The molecule has 254 valence electrons. The summed E-state index contributed by atoms with van der Waals surface area (Å²) in [6.45, 7) is 3.20. The van der Waals surface area contributed by atoms with Crippen LogP contribution in [0.2, 0.25) is 0 Å². The number of carbonyl (C=O) groups is 1. The number of ether oxygens (including phenoxy) is 1. The average molecular weight is 664 g/mol. The number of likely N-dealkylation sites (N-methyl/N-ethyl adjacent to an activating group) is 1. The van der Waals surface area contributed by atoms with Crippen molar-refractivity contribution in [1.29, 1.82) is 0 Å². The van der Waals surface area contributed by atoms with Gasteiger partial charge in [0.15, 0.2) is 29.3 Å². The fraction of sp³-hybridized carbons (Fsp3) is 0.351. The lowest BCUT2D eigenvalue weighted by Gasteiger charge is -2.21. The van der Waals surface area contributed by atoms with Gasteiger partial charge in [0, 0.05) is 46.1 Å². The molecule has 3 aromatic carbocycles. The second-order valence-corrected chi connectivity index (χ2v) is 12.5. The van der Waals surface area contributed by atoms with Gasteiger partial charge in [-0.15, -0.1) is 0 Å². The number of hydrogen-bond acceptors (Lipinski definition) is 10. The summed E-state index contributed by atoms with van der Waals surface area (Å²) >= 11 is 0. The normalized spacial score (nSPS) is 22.8. The summed E-state index contributed by atoms with van der Waals surface area (Å²) in [7, 11) is 0. The fourth-order valence-electron chi connectivity index (χ4n) is 6.74. The summed E-state index contributed by atoms with van der Waals surface area (Å²) in [6.07, 6.45) is -2.96.